The third-order valence-electron chi connectivity index (χ3n) is 2.01. The number of carbonyl (C=O) groups is 1. The van der Waals surface area contributed by atoms with Crippen LogP contribution in [0.4, 0.5) is 5.13 Å². The monoisotopic (exact) mass is 252 g/mol. The van der Waals surface area contributed by atoms with E-state index in [4.69, 9.17) is 4.42 Å². The van der Waals surface area contributed by atoms with Crippen molar-refractivity contribution in [1.82, 2.24) is 15.5 Å². The Bertz CT molecular complexity index is 480. The quantitative estimate of drug-likeness (QED) is 0.839. The summed E-state index contributed by atoms with van der Waals surface area (Å²) in [5, 5.41) is 14.5. The predicted octanol–water partition coefficient (Wildman–Crippen LogP) is 1.35. The van der Waals surface area contributed by atoms with Gasteiger partial charge in [-0.2, -0.15) is 0 Å². The van der Waals surface area contributed by atoms with E-state index in [0.29, 0.717) is 28.9 Å². The lowest BCUT2D eigenvalue weighted by Crippen LogP contribution is -2.18. The molecule has 2 aromatic heterocycles. The van der Waals surface area contributed by atoms with E-state index in [1.54, 1.807) is 25.4 Å². The molecule has 0 saturated carbocycles. The van der Waals surface area contributed by atoms with Crippen molar-refractivity contribution in [1.29, 1.82) is 0 Å². The molecule has 17 heavy (non-hydrogen) atoms. The first-order valence-electron chi connectivity index (χ1n) is 5.11. The second kappa shape index (κ2) is 5.55. The number of rotatable bonds is 5. The number of hydrogen-bond donors (Lipinski definition) is 2. The highest BCUT2D eigenvalue weighted by Gasteiger charge is 2.10. The Kier molecular flexibility index (Phi) is 3.84. The molecule has 0 aliphatic rings. The number of hydrogen-bond acceptors (Lipinski definition) is 6. The number of nitrogens with one attached hydrogen (secondary N) is 2. The minimum absolute atomic E-state index is 0.0819. The Morgan fingerprint density at radius 3 is 3.12 bits per heavy atom. The zero-order valence-electron chi connectivity index (χ0n) is 9.27. The average molecular weight is 252 g/mol. The molecular formula is C10H12N4O2S. The third-order valence-corrected chi connectivity index (χ3v) is 2.86. The highest BCUT2D eigenvalue weighted by atomic mass is 32.1. The fourth-order valence-electron chi connectivity index (χ4n) is 1.19. The van der Waals surface area contributed by atoms with Crippen LogP contribution in [0.25, 0.3) is 10.8 Å². The summed E-state index contributed by atoms with van der Waals surface area (Å²) < 4.78 is 5.19. The Labute approximate surface area is 102 Å². The van der Waals surface area contributed by atoms with Gasteiger partial charge in [0.1, 0.15) is 0 Å². The molecule has 1 amide bonds. The molecule has 0 aliphatic heterocycles. The minimum atomic E-state index is -0.0819. The molecule has 0 fully saturated rings. The highest BCUT2D eigenvalue weighted by molar-refractivity contribution is 7.18. The van der Waals surface area contributed by atoms with Crippen molar-refractivity contribution in [2.75, 3.05) is 18.9 Å². The Hall–Kier alpha value is -1.73. The number of amides is 1. The van der Waals surface area contributed by atoms with Gasteiger partial charge in [0.2, 0.25) is 11.0 Å². The lowest BCUT2D eigenvalue weighted by atomic mass is 10.4. The van der Waals surface area contributed by atoms with Crippen LogP contribution in [0.2, 0.25) is 0 Å². The molecule has 2 N–H and O–H groups in total. The first kappa shape index (κ1) is 11.7. The number of carbonyl (C=O) groups excluding carboxylic acids is 1. The summed E-state index contributed by atoms with van der Waals surface area (Å²) in [6, 6.07) is 3.58. The van der Waals surface area contributed by atoms with Gasteiger partial charge in [0.05, 0.1) is 6.26 Å². The van der Waals surface area contributed by atoms with E-state index >= 15 is 0 Å². The average Bonchev–Trinajstić information content (AvgIpc) is 2.95. The van der Waals surface area contributed by atoms with Gasteiger partial charge in [-0.25, -0.2) is 0 Å². The maximum Gasteiger partial charge on any atom is 0.227 e. The van der Waals surface area contributed by atoms with Gasteiger partial charge in [0, 0.05) is 13.0 Å². The van der Waals surface area contributed by atoms with Crippen LogP contribution in [0.1, 0.15) is 6.42 Å². The molecule has 2 heterocycles. The van der Waals surface area contributed by atoms with Gasteiger partial charge in [-0.1, -0.05) is 11.3 Å². The van der Waals surface area contributed by atoms with Crippen LogP contribution in [-0.2, 0) is 4.79 Å². The summed E-state index contributed by atoms with van der Waals surface area (Å²) in [5.41, 5.74) is 0. The fourth-order valence-corrected chi connectivity index (χ4v) is 1.92. The normalized spacial score (nSPS) is 10.4. The summed E-state index contributed by atoms with van der Waals surface area (Å²) in [5.74, 6) is 0.569. The summed E-state index contributed by atoms with van der Waals surface area (Å²) in [7, 11) is 1.80. The molecule has 0 unspecified atom stereocenters. The summed E-state index contributed by atoms with van der Waals surface area (Å²) >= 11 is 1.28. The Morgan fingerprint density at radius 2 is 2.41 bits per heavy atom. The first-order valence-corrected chi connectivity index (χ1v) is 5.93. The standard InChI is InChI=1S/C10H12N4O2S/c1-11-5-4-8(15)12-10-14-13-9(17-10)7-3-2-6-16-7/h2-3,6,11H,4-5H2,1H3,(H,12,14,15). The Morgan fingerprint density at radius 1 is 1.53 bits per heavy atom. The van der Waals surface area contributed by atoms with Crippen molar-refractivity contribution in [3.63, 3.8) is 0 Å². The molecule has 0 saturated heterocycles. The van der Waals surface area contributed by atoms with Gasteiger partial charge in [-0.05, 0) is 19.2 Å². The second-order valence-corrected chi connectivity index (χ2v) is 4.27. The van der Waals surface area contributed by atoms with Crippen molar-refractivity contribution in [3.8, 4) is 10.8 Å². The summed E-state index contributed by atoms with van der Waals surface area (Å²) in [6.45, 7) is 0.635. The van der Waals surface area contributed by atoms with E-state index in [9.17, 15) is 4.79 Å². The van der Waals surface area contributed by atoms with Crippen molar-refractivity contribution < 1.29 is 9.21 Å². The maximum atomic E-state index is 11.4. The van der Waals surface area contributed by atoms with E-state index in [-0.39, 0.29) is 5.91 Å². The molecule has 2 rings (SSSR count). The molecule has 0 bridgehead atoms. The van der Waals surface area contributed by atoms with E-state index in [1.807, 2.05) is 0 Å². The molecule has 90 valence electrons. The number of furan rings is 1. The van der Waals surface area contributed by atoms with Crippen LogP contribution in [0.3, 0.4) is 0 Å². The van der Waals surface area contributed by atoms with Crippen molar-refractivity contribution in [2.45, 2.75) is 6.42 Å². The van der Waals surface area contributed by atoms with Crippen LogP contribution >= 0.6 is 11.3 Å². The molecule has 6 nitrogen and oxygen atoms in total. The van der Waals surface area contributed by atoms with Crippen molar-refractivity contribution in [3.05, 3.63) is 18.4 Å². The van der Waals surface area contributed by atoms with Gasteiger partial charge in [-0.3, -0.25) is 4.79 Å². The number of nitrogens with zero attached hydrogens (tertiary/aromatic N) is 2. The van der Waals surface area contributed by atoms with Crippen LogP contribution in [0.15, 0.2) is 22.8 Å². The highest BCUT2D eigenvalue weighted by Crippen LogP contribution is 2.26. The zero-order valence-corrected chi connectivity index (χ0v) is 10.1. The van der Waals surface area contributed by atoms with E-state index in [1.165, 1.54) is 11.3 Å². The second-order valence-electron chi connectivity index (χ2n) is 3.29. The summed E-state index contributed by atoms with van der Waals surface area (Å²) in [6.07, 6.45) is 1.98. The van der Waals surface area contributed by atoms with E-state index < -0.39 is 0 Å². The van der Waals surface area contributed by atoms with Gasteiger partial charge in [-0.15, -0.1) is 10.2 Å². The molecule has 2 aromatic rings. The van der Waals surface area contributed by atoms with Crippen molar-refractivity contribution >= 4 is 22.4 Å². The largest absolute Gasteiger partial charge is 0.462 e. The Balaban J connectivity index is 1.97. The molecule has 0 radical (unpaired) electrons. The van der Waals surface area contributed by atoms with Crippen molar-refractivity contribution in [2.24, 2.45) is 0 Å². The number of aromatic nitrogens is 2. The third kappa shape index (κ3) is 3.11. The van der Waals surface area contributed by atoms with E-state index in [2.05, 4.69) is 20.8 Å². The predicted molar refractivity (Wildman–Crippen MR) is 64.8 cm³/mol. The molecular weight excluding hydrogens is 240 g/mol. The first-order chi connectivity index (χ1) is 8.29. The summed E-state index contributed by atoms with van der Waals surface area (Å²) in [4.78, 5) is 11.4. The molecule has 0 atom stereocenters. The lowest BCUT2D eigenvalue weighted by Gasteiger charge is -1.99. The van der Waals surface area contributed by atoms with Crippen LogP contribution < -0.4 is 10.6 Å². The minimum Gasteiger partial charge on any atom is -0.462 e. The number of anilines is 1. The van der Waals surface area contributed by atoms with Gasteiger partial charge in [0.15, 0.2) is 10.8 Å². The maximum absolute atomic E-state index is 11.4. The van der Waals surface area contributed by atoms with Gasteiger partial charge < -0.3 is 15.1 Å². The smallest absolute Gasteiger partial charge is 0.227 e. The van der Waals surface area contributed by atoms with Crippen LogP contribution in [-0.4, -0.2) is 29.7 Å². The molecule has 7 heteroatoms. The molecule has 0 aliphatic carbocycles. The van der Waals surface area contributed by atoms with Gasteiger partial charge in [0.25, 0.3) is 0 Å². The molecule has 0 aromatic carbocycles. The van der Waals surface area contributed by atoms with Crippen LogP contribution in [0, 0.1) is 0 Å². The van der Waals surface area contributed by atoms with Crippen LogP contribution in [0.5, 0.6) is 0 Å². The van der Waals surface area contributed by atoms with E-state index in [0.717, 1.165) is 0 Å². The van der Waals surface area contributed by atoms with Gasteiger partial charge >= 0.3 is 0 Å². The topological polar surface area (TPSA) is 80.0 Å². The lowest BCUT2D eigenvalue weighted by molar-refractivity contribution is -0.116. The molecule has 0 spiro atoms. The zero-order chi connectivity index (χ0) is 12.1. The SMILES string of the molecule is CNCCC(=O)Nc1nnc(-c2ccco2)s1. The fraction of sp³-hybridized carbons (Fsp3) is 0.300.